The first-order valence-corrected chi connectivity index (χ1v) is 7.05. The van der Waals surface area contributed by atoms with Crippen molar-refractivity contribution in [3.05, 3.63) is 23.8 Å². The van der Waals surface area contributed by atoms with Gasteiger partial charge in [0.05, 0.1) is 24.4 Å². The fourth-order valence-electron chi connectivity index (χ4n) is 1.42. The average molecular weight is 283 g/mol. The lowest BCUT2D eigenvalue weighted by atomic mass is 10.1. The minimum absolute atomic E-state index is 0.276. The van der Waals surface area contributed by atoms with E-state index in [1.54, 1.807) is 20.8 Å². The normalized spacial score (nSPS) is 11.7. The Morgan fingerprint density at radius 3 is 2.42 bits per heavy atom. The zero-order valence-corrected chi connectivity index (χ0v) is 12.1. The van der Waals surface area contributed by atoms with Crippen LogP contribution in [0.25, 0.3) is 0 Å². The molecule has 0 amide bonds. The van der Waals surface area contributed by atoms with E-state index in [2.05, 4.69) is 9.44 Å². The third-order valence-electron chi connectivity index (χ3n) is 2.02. The predicted octanol–water partition coefficient (Wildman–Crippen LogP) is 1.61. The number of hydrogen-bond acceptors (Lipinski definition) is 4. The maximum atomic E-state index is 11.9. The van der Waals surface area contributed by atoms with Gasteiger partial charge in [0.2, 0.25) is 0 Å². The van der Waals surface area contributed by atoms with Crippen LogP contribution in [0.15, 0.2) is 18.2 Å². The smallest absolute Gasteiger partial charge is 0.299 e. The van der Waals surface area contributed by atoms with Crippen molar-refractivity contribution in [2.45, 2.75) is 26.3 Å². The number of hydrogen-bond donors (Lipinski definition) is 2. The van der Waals surface area contributed by atoms with Gasteiger partial charge in [0.1, 0.15) is 5.75 Å². The van der Waals surface area contributed by atoms with Gasteiger partial charge in [-0.1, -0.05) is 0 Å². The van der Waals surface area contributed by atoms with Crippen molar-refractivity contribution >= 4 is 15.9 Å². The van der Waals surface area contributed by atoms with E-state index in [4.69, 9.17) is 10.00 Å². The molecular formula is C12H17N3O3S. The monoisotopic (exact) mass is 283 g/mol. The van der Waals surface area contributed by atoms with Gasteiger partial charge >= 0.3 is 0 Å². The SMILES string of the molecule is COc1cc(C#N)ccc1NS(=O)(=O)NC(C)(C)C. The molecule has 1 aromatic rings. The highest BCUT2D eigenvalue weighted by Crippen LogP contribution is 2.26. The number of benzene rings is 1. The number of methoxy groups -OCH3 is 1. The van der Waals surface area contributed by atoms with Crippen molar-refractivity contribution < 1.29 is 13.2 Å². The molecule has 7 heteroatoms. The van der Waals surface area contributed by atoms with Crippen LogP contribution in [0.1, 0.15) is 26.3 Å². The second-order valence-electron chi connectivity index (χ2n) is 4.98. The molecule has 0 atom stereocenters. The Kier molecular flexibility index (Phi) is 4.39. The van der Waals surface area contributed by atoms with Gasteiger partial charge in [0.25, 0.3) is 10.2 Å². The van der Waals surface area contributed by atoms with E-state index in [9.17, 15) is 8.42 Å². The summed E-state index contributed by atoms with van der Waals surface area (Å²) in [6.07, 6.45) is 0. The molecule has 6 nitrogen and oxygen atoms in total. The zero-order chi connectivity index (χ0) is 14.7. The number of nitrogens with one attached hydrogen (secondary N) is 2. The molecule has 19 heavy (non-hydrogen) atoms. The van der Waals surface area contributed by atoms with Gasteiger partial charge in [-0.2, -0.15) is 18.4 Å². The molecule has 0 aliphatic rings. The van der Waals surface area contributed by atoms with Crippen LogP contribution in [0.3, 0.4) is 0 Å². The Bertz CT molecular complexity index is 598. The Labute approximate surface area is 113 Å². The number of nitrogens with zero attached hydrogens (tertiary/aromatic N) is 1. The molecule has 0 aliphatic carbocycles. The van der Waals surface area contributed by atoms with Crippen molar-refractivity contribution in [2.75, 3.05) is 11.8 Å². The van der Waals surface area contributed by atoms with E-state index in [-0.39, 0.29) is 5.69 Å². The predicted molar refractivity (Wildman–Crippen MR) is 73.1 cm³/mol. The number of ether oxygens (including phenoxy) is 1. The van der Waals surface area contributed by atoms with Crippen LogP contribution in [0.2, 0.25) is 0 Å². The first kappa shape index (κ1) is 15.3. The third-order valence-corrected chi connectivity index (χ3v) is 3.39. The van der Waals surface area contributed by atoms with Crippen LogP contribution in [0, 0.1) is 11.3 Å². The van der Waals surface area contributed by atoms with Crippen LogP contribution < -0.4 is 14.2 Å². The van der Waals surface area contributed by atoms with Crippen LogP contribution in [0.4, 0.5) is 5.69 Å². The summed E-state index contributed by atoms with van der Waals surface area (Å²) >= 11 is 0. The summed E-state index contributed by atoms with van der Waals surface area (Å²) < 4.78 is 33.7. The van der Waals surface area contributed by atoms with Gasteiger partial charge in [0.15, 0.2) is 0 Å². The molecule has 0 bridgehead atoms. The molecule has 0 fully saturated rings. The highest BCUT2D eigenvalue weighted by atomic mass is 32.2. The first-order valence-electron chi connectivity index (χ1n) is 5.57. The lowest BCUT2D eigenvalue weighted by molar-refractivity contribution is 0.416. The Hall–Kier alpha value is -1.78. The Morgan fingerprint density at radius 1 is 1.32 bits per heavy atom. The minimum Gasteiger partial charge on any atom is -0.495 e. The summed E-state index contributed by atoms with van der Waals surface area (Å²) in [7, 11) is -2.30. The van der Waals surface area contributed by atoms with Crippen molar-refractivity contribution in [3.63, 3.8) is 0 Å². The first-order chi connectivity index (χ1) is 8.67. The van der Waals surface area contributed by atoms with Gasteiger partial charge in [-0.15, -0.1) is 0 Å². The molecule has 0 radical (unpaired) electrons. The molecule has 104 valence electrons. The molecular weight excluding hydrogens is 266 g/mol. The van der Waals surface area contributed by atoms with Gasteiger partial charge in [-0.25, -0.2) is 0 Å². The van der Waals surface area contributed by atoms with Crippen LogP contribution >= 0.6 is 0 Å². The van der Waals surface area contributed by atoms with E-state index in [1.807, 2.05) is 6.07 Å². The highest BCUT2D eigenvalue weighted by Gasteiger charge is 2.20. The largest absolute Gasteiger partial charge is 0.495 e. The molecule has 2 N–H and O–H groups in total. The molecule has 1 rings (SSSR count). The van der Waals surface area contributed by atoms with Crippen molar-refractivity contribution in [2.24, 2.45) is 0 Å². The van der Waals surface area contributed by atoms with Crippen molar-refractivity contribution in [1.29, 1.82) is 5.26 Å². The quantitative estimate of drug-likeness (QED) is 0.878. The average Bonchev–Trinajstić information content (AvgIpc) is 2.25. The fourth-order valence-corrected chi connectivity index (χ4v) is 2.73. The van der Waals surface area contributed by atoms with Gasteiger partial charge in [-0.3, -0.25) is 4.72 Å². The fraction of sp³-hybridized carbons (Fsp3) is 0.417. The molecule has 0 spiro atoms. The standard InChI is InChI=1S/C12H17N3O3S/c1-12(2,3)15-19(16,17)14-10-6-5-9(8-13)7-11(10)18-4/h5-7,14-15H,1-4H3. The van der Waals surface area contributed by atoms with Crippen molar-refractivity contribution in [3.8, 4) is 11.8 Å². The summed E-state index contributed by atoms with van der Waals surface area (Å²) in [5.41, 5.74) is 0.0768. The van der Waals surface area contributed by atoms with Crippen LogP contribution in [-0.2, 0) is 10.2 Å². The minimum atomic E-state index is -3.71. The molecule has 0 saturated heterocycles. The van der Waals surface area contributed by atoms with Crippen LogP contribution in [0.5, 0.6) is 5.75 Å². The highest BCUT2D eigenvalue weighted by molar-refractivity contribution is 7.90. The second-order valence-corrected chi connectivity index (χ2v) is 6.40. The molecule has 0 unspecified atom stereocenters. The van der Waals surface area contributed by atoms with Gasteiger partial charge in [-0.05, 0) is 32.9 Å². The molecule has 0 aromatic heterocycles. The topological polar surface area (TPSA) is 91.2 Å². The van der Waals surface area contributed by atoms with Crippen LogP contribution in [-0.4, -0.2) is 21.1 Å². The zero-order valence-electron chi connectivity index (χ0n) is 11.3. The molecule has 1 aromatic carbocycles. The summed E-state index contributed by atoms with van der Waals surface area (Å²) in [6.45, 7) is 5.22. The molecule has 0 aliphatic heterocycles. The Balaban J connectivity index is 3.03. The summed E-state index contributed by atoms with van der Waals surface area (Å²) in [5.74, 6) is 0.290. The van der Waals surface area contributed by atoms with E-state index in [1.165, 1.54) is 25.3 Å². The lowest BCUT2D eigenvalue weighted by Crippen LogP contribution is -2.43. The number of rotatable bonds is 4. The lowest BCUT2D eigenvalue weighted by Gasteiger charge is -2.21. The second kappa shape index (κ2) is 5.47. The third kappa shape index (κ3) is 4.77. The molecule has 0 saturated carbocycles. The number of nitriles is 1. The summed E-state index contributed by atoms with van der Waals surface area (Å²) in [6, 6.07) is 6.42. The van der Waals surface area contributed by atoms with Gasteiger partial charge < -0.3 is 4.74 Å². The van der Waals surface area contributed by atoms with Gasteiger partial charge in [0, 0.05) is 11.6 Å². The van der Waals surface area contributed by atoms with E-state index >= 15 is 0 Å². The number of anilines is 1. The van der Waals surface area contributed by atoms with E-state index in [0.29, 0.717) is 11.3 Å². The van der Waals surface area contributed by atoms with Crippen molar-refractivity contribution in [1.82, 2.24) is 4.72 Å². The summed E-state index contributed by atoms with van der Waals surface area (Å²) in [5, 5.41) is 8.78. The maximum Gasteiger partial charge on any atom is 0.299 e. The van der Waals surface area contributed by atoms with E-state index in [0.717, 1.165) is 0 Å². The Morgan fingerprint density at radius 2 is 1.95 bits per heavy atom. The molecule has 0 heterocycles. The summed E-state index contributed by atoms with van der Waals surface area (Å²) in [4.78, 5) is 0. The maximum absolute atomic E-state index is 11.9. The van der Waals surface area contributed by atoms with E-state index < -0.39 is 15.7 Å².